The van der Waals surface area contributed by atoms with E-state index in [9.17, 15) is 22.8 Å². The normalized spacial score (nSPS) is 20.1. The molecule has 1 N–H and O–H groups in total. The van der Waals surface area contributed by atoms with Gasteiger partial charge in [-0.15, -0.1) is 0 Å². The van der Waals surface area contributed by atoms with Gasteiger partial charge in [0.25, 0.3) is 0 Å². The molecule has 1 atom stereocenters. The summed E-state index contributed by atoms with van der Waals surface area (Å²) in [6.07, 6.45) is -4.40. The number of hydrogen-bond acceptors (Lipinski definition) is 5. The summed E-state index contributed by atoms with van der Waals surface area (Å²) in [5.41, 5.74) is -0.422. The maximum atomic E-state index is 12.6. The average Bonchev–Trinajstić information content (AvgIpc) is 2.73. The van der Waals surface area contributed by atoms with E-state index in [1.54, 1.807) is 0 Å². The lowest BCUT2D eigenvalue weighted by atomic mass is 10.2. The average molecular weight is 428 g/mol. The van der Waals surface area contributed by atoms with Gasteiger partial charge >= 0.3 is 6.18 Å². The number of nitrogens with one attached hydrogen (secondary N) is 1. The number of amides is 2. The second-order valence-electron chi connectivity index (χ2n) is 7.55. The third kappa shape index (κ3) is 5.93. The van der Waals surface area contributed by atoms with Gasteiger partial charge in [-0.1, -0.05) is 0 Å². The summed E-state index contributed by atoms with van der Waals surface area (Å²) in [7, 11) is 0. The van der Waals surface area contributed by atoms with E-state index in [0.29, 0.717) is 58.2 Å². The second kappa shape index (κ2) is 9.76. The summed E-state index contributed by atoms with van der Waals surface area (Å²) in [6, 6.07) is 4.17. The molecule has 1 aromatic rings. The molecule has 2 aliphatic heterocycles. The molecule has 2 aliphatic rings. The third-order valence-electron chi connectivity index (χ3n) is 5.50. The molecule has 0 saturated carbocycles. The maximum absolute atomic E-state index is 12.6. The molecular formula is C20H27F3N4O3. The predicted molar refractivity (Wildman–Crippen MR) is 105 cm³/mol. The first-order valence-corrected chi connectivity index (χ1v) is 10.0. The molecule has 2 saturated heterocycles. The van der Waals surface area contributed by atoms with E-state index in [1.165, 1.54) is 12.1 Å². The third-order valence-corrected chi connectivity index (χ3v) is 5.50. The molecular weight excluding hydrogens is 401 g/mol. The maximum Gasteiger partial charge on any atom is 0.416 e. The minimum Gasteiger partial charge on any atom is -0.378 e. The Bertz CT molecular complexity index is 728. The van der Waals surface area contributed by atoms with Crippen LogP contribution in [0.25, 0.3) is 0 Å². The molecule has 30 heavy (non-hydrogen) atoms. The Morgan fingerprint density at radius 3 is 2.20 bits per heavy atom. The van der Waals surface area contributed by atoms with Crippen molar-refractivity contribution in [3.8, 4) is 0 Å². The van der Waals surface area contributed by atoms with Crippen molar-refractivity contribution in [3.05, 3.63) is 29.8 Å². The summed E-state index contributed by atoms with van der Waals surface area (Å²) >= 11 is 0. The molecule has 1 aromatic carbocycles. The van der Waals surface area contributed by atoms with Crippen molar-refractivity contribution in [1.29, 1.82) is 0 Å². The number of halogens is 3. The number of piperazine rings is 1. The zero-order chi connectivity index (χ0) is 21.7. The van der Waals surface area contributed by atoms with Crippen LogP contribution in [0.4, 0.5) is 18.9 Å². The minimum absolute atomic E-state index is 0.104. The minimum atomic E-state index is -4.40. The number of alkyl halides is 3. The van der Waals surface area contributed by atoms with Crippen LogP contribution in [0.3, 0.4) is 0 Å². The van der Waals surface area contributed by atoms with E-state index in [2.05, 4.69) is 10.2 Å². The molecule has 2 amide bonds. The largest absolute Gasteiger partial charge is 0.416 e. The highest BCUT2D eigenvalue weighted by atomic mass is 19.4. The van der Waals surface area contributed by atoms with Crippen LogP contribution < -0.4 is 5.32 Å². The number of ether oxygens (including phenoxy) is 1. The number of nitrogens with zero attached hydrogens (tertiary/aromatic N) is 3. The predicted octanol–water partition coefficient (Wildman–Crippen LogP) is 1.51. The molecule has 166 valence electrons. The highest BCUT2D eigenvalue weighted by Crippen LogP contribution is 2.29. The van der Waals surface area contributed by atoms with Gasteiger partial charge in [0, 0.05) is 45.0 Å². The van der Waals surface area contributed by atoms with Crippen molar-refractivity contribution in [3.63, 3.8) is 0 Å². The first kappa shape index (κ1) is 22.5. The van der Waals surface area contributed by atoms with E-state index in [1.807, 2.05) is 16.7 Å². The first-order chi connectivity index (χ1) is 14.2. The summed E-state index contributed by atoms with van der Waals surface area (Å²) in [6.45, 7) is 7.06. The van der Waals surface area contributed by atoms with Gasteiger partial charge in [0.15, 0.2) is 0 Å². The Hall–Kier alpha value is -2.17. The van der Waals surface area contributed by atoms with Gasteiger partial charge in [-0.05, 0) is 31.2 Å². The standard InChI is InChI=1S/C20H27F3N4O3/c1-15(19(29)27-10-12-30-13-11-27)26-8-6-25(7-9-26)14-18(28)24-17-4-2-16(3-5-17)20(21,22)23/h2-5,15H,6-14H2,1H3,(H,24,28). The number of benzene rings is 1. The van der Waals surface area contributed by atoms with Crippen LogP contribution in [-0.2, 0) is 20.5 Å². The second-order valence-corrected chi connectivity index (χ2v) is 7.55. The van der Waals surface area contributed by atoms with Gasteiger partial charge in [0.2, 0.25) is 11.8 Å². The molecule has 3 rings (SSSR count). The lowest BCUT2D eigenvalue weighted by Crippen LogP contribution is -2.56. The Kier molecular flexibility index (Phi) is 7.32. The Morgan fingerprint density at radius 2 is 1.63 bits per heavy atom. The van der Waals surface area contributed by atoms with Gasteiger partial charge in [-0.3, -0.25) is 19.4 Å². The summed E-state index contributed by atoms with van der Waals surface area (Å²) in [4.78, 5) is 30.8. The Labute approximate surface area is 173 Å². The van der Waals surface area contributed by atoms with Crippen LogP contribution in [0.5, 0.6) is 0 Å². The monoisotopic (exact) mass is 428 g/mol. The fourth-order valence-electron chi connectivity index (χ4n) is 3.66. The highest BCUT2D eigenvalue weighted by molar-refractivity contribution is 5.92. The van der Waals surface area contributed by atoms with Crippen LogP contribution in [0.15, 0.2) is 24.3 Å². The van der Waals surface area contributed by atoms with Gasteiger partial charge in [0.1, 0.15) is 0 Å². The van der Waals surface area contributed by atoms with E-state index >= 15 is 0 Å². The van der Waals surface area contributed by atoms with Crippen molar-refractivity contribution in [2.75, 3.05) is 64.3 Å². The zero-order valence-electron chi connectivity index (χ0n) is 17.0. The van der Waals surface area contributed by atoms with Crippen molar-refractivity contribution in [2.45, 2.75) is 19.1 Å². The van der Waals surface area contributed by atoms with Crippen LogP contribution >= 0.6 is 0 Å². The molecule has 0 bridgehead atoms. The van der Waals surface area contributed by atoms with Crippen molar-refractivity contribution in [2.24, 2.45) is 0 Å². The van der Waals surface area contributed by atoms with Gasteiger partial charge in [-0.2, -0.15) is 13.2 Å². The van der Waals surface area contributed by atoms with E-state index in [-0.39, 0.29) is 24.4 Å². The quantitative estimate of drug-likeness (QED) is 0.770. The fourth-order valence-corrected chi connectivity index (χ4v) is 3.66. The number of carbonyl (C=O) groups is 2. The lowest BCUT2D eigenvalue weighted by molar-refractivity contribution is -0.141. The van der Waals surface area contributed by atoms with Crippen LogP contribution in [-0.4, -0.2) is 91.6 Å². The van der Waals surface area contributed by atoms with Crippen LogP contribution in [0, 0.1) is 0 Å². The van der Waals surface area contributed by atoms with E-state index < -0.39 is 11.7 Å². The molecule has 10 heteroatoms. The molecule has 0 aliphatic carbocycles. The topological polar surface area (TPSA) is 65.1 Å². The first-order valence-electron chi connectivity index (χ1n) is 10.0. The van der Waals surface area contributed by atoms with Crippen LogP contribution in [0.2, 0.25) is 0 Å². The van der Waals surface area contributed by atoms with Crippen molar-refractivity contribution >= 4 is 17.5 Å². The molecule has 0 spiro atoms. The van der Waals surface area contributed by atoms with Gasteiger partial charge < -0.3 is 15.0 Å². The Morgan fingerprint density at radius 1 is 1.03 bits per heavy atom. The fraction of sp³-hybridized carbons (Fsp3) is 0.600. The summed E-state index contributed by atoms with van der Waals surface area (Å²) in [5, 5.41) is 2.63. The number of rotatable bonds is 5. The molecule has 2 heterocycles. The summed E-state index contributed by atoms with van der Waals surface area (Å²) in [5.74, 6) is -0.174. The number of anilines is 1. The van der Waals surface area contributed by atoms with Gasteiger partial charge in [-0.25, -0.2) is 0 Å². The number of hydrogen-bond donors (Lipinski definition) is 1. The van der Waals surface area contributed by atoms with Crippen molar-refractivity contribution < 1.29 is 27.5 Å². The molecule has 1 unspecified atom stereocenters. The number of morpholine rings is 1. The Balaban J connectivity index is 1.42. The van der Waals surface area contributed by atoms with E-state index in [4.69, 9.17) is 4.74 Å². The molecule has 2 fully saturated rings. The number of carbonyl (C=O) groups excluding carboxylic acids is 2. The smallest absolute Gasteiger partial charge is 0.378 e. The van der Waals surface area contributed by atoms with E-state index in [0.717, 1.165) is 12.1 Å². The molecule has 7 nitrogen and oxygen atoms in total. The summed E-state index contributed by atoms with van der Waals surface area (Å²) < 4.78 is 43.1. The highest BCUT2D eigenvalue weighted by Gasteiger charge is 2.31. The molecule has 0 aromatic heterocycles. The van der Waals surface area contributed by atoms with Crippen LogP contribution in [0.1, 0.15) is 12.5 Å². The van der Waals surface area contributed by atoms with Gasteiger partial charge in [0.05, 0.1) is 31.4 Å². The SMILES string of the molecule is CC(C(=O)N1CCOCC1)N1CCN(CC(=O)Nc2ccc(C(F)(F)F)cc2)CC1. The zero-order valence-corrected chi connectivity index (χ0v) is 17.0. The molecule has 0 radical (unpaired) electrons. The lowest BCUT2D eigenvalue weighted by Gasteiger charge is -2.39. The van der Waals surface area contributed by atoms with Crippen molar-refractivity contribution in [1.82, 2.24) is 14.7 Å².